The Balaban J connectivity index is 1.92. The summed E-state index contributed by atoms with van der Waals surface area (Å²) in [5, 5.41) is 0.751. The molecule has 2 aromatic heterocycles. The predicted molar refractivity (Wildman–Crippen MR) is 117 cm³/mol. The molecule has 28 heavy (non-hydrogen) atoms. The van der Waals surface area contributed by atoms with Crippen molar-refractivity contribution < 1.29 is 4.74 Å². The van der Waals surface area contributed by atoms with Crippen LogP contribution in [0, 0.1) is 20.8 Å². The number of thiophene rings is 1. The van der Waals surface area contributed by atoms with Gasteiger partial charge in [0.05, 0.1) is 18.5 Å². The summed E-state index contributed by atoms with van der Waals surface area (Å²) in [7, 11) is 0. The summed E-state index contributed by atoms with van der Waals surface area (Å²) in [6.07, 6.45) is 0. The highest BCUT2D eigenvalue weighted by molar-refractivity contribution is 7.18. The van der Waals surface area contributed by atoms with E-state index in [0.29, 0.717) is 19.7 Å². The molecule has 0 N–H and O–H groups in total. The van der Waals surface area contributed by atoms with Crippen LogP contribution in [0.1, 0.15) is 35.7 Å². The van der Waals surface area contributed by atoms with Crippen LogP contribution >= 0.6 is 11.3 Å². The molecule has 0 aliphatic heterocycles. The molecule has 0 aliphatic rings. The van der Waals surface area contributed by atoms with E-state index in [1.54, 1.807) is 15.9 Å². The van der Waals surface area contributed by atoms with Gasteiger partial charge in [0.1, 0.15) is 23.0 Å². The minimum atomic E-state index is 0.0431. The van der Waals surface area contributed by atoms with Gasteiger partial charge < -0.3 is 4.74 Å². The monoisotopic (exact) mass is 399 g/mol. The number of aromatic nitrogens is 2. The van der Waals surface area contributed by atoms with Crippen molar-refractivity contribution in [2.75, 3.05) is 19.7 Å². The lowest BCUT2D eigenvalue weighted by atomic mass is 10.2. The maximum absolute atomic E-state index is 13.3. The molecular weight excluding hydrogens is 370 g/mol. The first-order valence-corrected chi connectivity index (χ1v) is 10.7. The van der Waals surface area contributed by atoms with Crippen LogP contribution in [0.5, 0.6) is 5.75 Å². The second-order valence-electron chi connectivity index (χ2n) is 7.07. The van der Waals surface area contributed by atoms with E-state index in [0.717, 1.165) is 45.3 Å². The molecule has 0 radical (unpaired) electrons. The first kappa shape index (κ1) is 20.6. The molecule has 2 heterocycles. The molecule has 0 unspecified atom stereocenters. The standard InChI is InChI=1S/C22H29N3O2S/c1-6-24(7-2)14-19-23-21-20(16(4)17(5)28-21)22(26)25(19)12-13-27-18-10-8-15(3)9-11-18/h8-11H,6-7,12-14H2,1-5H3. The molecule has 3 rings (SSSR count). The topological polar surface area (TPSA) is 47.4 Å². The number of benzene rings is 1. The fraction of sp³-hybridized carbons (Fsp3) is 0.455. The summed E-state index contributed by atoms with van der Waals surface area (Å²) in [5.41, 5.74) is 2.28. The fourth-order valence-electron chi connectivity index (χ4n) is 3.26. The Morgan fingerprint density at radius 3 is 2.43 bits per heavy atom. The highest BCUT2D eigenvalue weighted by atomic mass is 32.1. The van der Waals surface area contributed by atoms with E-state index < -0.39 is 0 Å². The summed E-state index contributed by atoms with van der Waals surface area (Å²) in [4.78, 5) is 22.4. The van der Waals surface area contributed by atoms with E-state index in [1.807, 2.05) is 31.2 Å². The van der Waals surface area contributed by atoms with E-state index in [1.165, 1.54) is 5.56 Å². The molecule has 1 aromatic carbocycles. The molecule has 6 heteroatoms. The summed E-state index contributed by atoms with van der Waals surface area (Å²) in [6, 6.07) is 7.97. The Morgan fingerprint density at radius 2 is 1.79 bits per heavy atom. The van der Waals surface area contributed by atoms with E-state index in [2.05, 4.69) is 32.6 Å². The summed E-state index contributed by atoms with van der Waals surface area (Å²) >= 11 is 1.61. The van der Waals surface area contributed by atoms with Crippen LogP contribution in [-0.2, 0) is 13.1 Å². The van der Waals surface area contributed by atoms with Gasteiger partial charge in [-0.05, 0) is 51.6 Å². The molecule has 0 bridgehead atoms. The van der Waals surface area contributed by atoms with Crippen molar-refractivity contribution in [3.63, 3.8) is 0 Å². The van der Waals surface area contributed by atoms with Crippen molar-refractivity contribution >= 4 is 21.6 Å². The number of ether oxygens (including phenoxy) is 1. The van der Waals surface area contributed by atoms with Gasteiger partial charge in [-0.1, -0.05) is 31.5 Å². The zero-order chi connectivity index (χ0) is 20.3. The lowest BCUT2D eigenvalue weighted by Gasteiger charge is -2.20. The third kappa shape index (κ3) is 4.28. The quantitative estimate of drug-likeness (QED) is 0.566. The first-order valence-electron chi connectivity index (χ1n) is 9.85. The molecule has 0 amide bonds. The second-order valence-corrected chi connectivity index (χ2v) is 8.27. The van der Waals surface area contributed by atoms with Crippen molar-refractivity contribution in [1.29, 1.82) is 0 Å². The number of hydrogen-bond acceptors (Lipinski definition) is 5. The van der Waals surface area contributed by atoms with Gasteiger partial charge in [0.25, 0.3) is 5.56 Å². The second kappa shape index (κ2) is 8.88. The molecule has 0 spiro atoms. The maximum atomic E-state index is 13.3. The zero-order valence-electron chi connectivity index (χ0n) is 17.4. The van der Waals surface area contributed by atoms with Crippen LogP contribution in [0.15, 0.2) is 29.1 Å². The average molecular weight is 400 g/mol. The van der Waals surface area contributed by atoms with Gasteiger partial charge in [-0.25, -0.2) is 4.98 Å². The summed E-state index contributed by atoms with van der Waals surface area (Å²) in [6.45, 7) is 13.8. The van der Waals surface area contributed by atoms with Gasteiger partial charge in [0.2, 0.25) is 0 Å². The number of rotatable bonds is 8. The Kier molecular flexibility index (Phi) is 6.52. The molecule has 150 valence electrons. The van der Waals surface area contributed by atoms with E-state index in [-0.39, 0.29) is 5.56 Å². The van der Waals surface area contributed by atoms with Crippen LogP contribution in [0.4, 0.5) is 0 Å². The molecule has 5 nitrogen and oxygen atoms in total. The molecule has 0 fully saturated rings. The van der Waals surface area contributed by atoms with Gasteiger partial charge >= 0.3 is 0 Å². The predicted octanol–water partition coefficient (Wildman–Crippen LogP) is 4.30. The molecule has 0 saturated heterocycles. The molecule has 0 aliphatic carbocycles. The van der Waals surface area contributed by atoms with E-state index in [9.17, 15) is 4.79 Å². The highest BCUT2D eigenvalue weighted by Gasteiger charge is 2.17. The molecule has 0 atom stereocenters. The van der Waals surface area contributed by atoms with Crippen molar-refractivity contribution in [2.24, 2.45) is 0 Å². The first-order chi connectivity index (χ1) is 13.4. The third-order valence-electron chi connectivity index (χ3n) is 5.23. The van der Waals surface area contributed by atoms with Crippen molar-refractivity contribution in [3.05, 3.63) is 56.4 Å². The normalized spacial score (nSPS) is 11.5. The van der Waals surface area contributed by atoms with Crippen LogP contribution in [0.2, 0.25) is 0 Å². The lowest BCUT2D eigenvalue weighted by molar-refractivity contribution is 0.266. The van der Waals surface area contributed by atoms with Crippen LogP contribution in [-0.4, -0.2) is 34.1 Å². The molecule has 0 saturated carbocycles. The Bertz CT molecular complexity index is 1000. The van der Waals surface area contributed by atoms with E-state index >= 15 is 0 Å². The van der Waals surface area contributed by atoms with Gasteiger partial charge in [-0.3, -0.25) is 14.3 Å². The van der Waals surface area contributed by atoms with Crippen LogP contribution in [0.3, 0.4) is 0 Å². The van der Waals surface area contributed by atoms with Gasteiger partial charge in [0, 0.05) is 4.88 Å². The third-order valence-corrected chi connectivity index (χ3v) is 6.33. The van der Waals surface area contributed by atoms with Crippen molar-refractivity contribution in [1.82, 2.24) is 14.5 Å². The van der Waals surface area contributed by atoms with Crippen molar-refractivity contribution in [2.45, 2.75) is 47.7 Å². The average Bonchev–Trinajstić information content (AvgIpc) is 2.97. The highest BCUT2D eigenvalue weighted by Crippen LogP contribution is 2.26. The van der Waals surface area contributed by atoms with Gasteiger partial charge in [0.15, 0.2) is 0 Å². The van der Waals surface area contributed by atoms with Gasteiger partial charge in [-0.2, -0.15) is 0 Å². The molecular formula is C22H29N3O2S. The number of aryl methyl sites for hydroxylation is 3. The Hall–Kier alpha value is -2.18. The van der Waals surface area contributed by atoms with E-state index in [4.69, 9.17) is 9.72 Å². The lowest BCUT2D eigenvalue weighted by Crippen LogP contribution is -2.32. The smallest absolute Gasteiger partial charge is 0.262 e. The minimum absolute atomic E-state index is 0.0431. The Labute approximate surface area is 170 Å². The largest absolute Gasteiger partial charge is 0.492 e. The van der Waals surface area contributed by atoms with Gasteiger partial charge in [-0.15, -0.1) is 11.3 Å². The minimum Gasteiger partial charge on any atom is -0.492 e. The number of hydrogen-bond donors (Lipinski definition) is 0. The van der Waals surface area contributed by atoms with Crippen molar-refractivity contribution in [3.8, 4) is 5.75 Å². The van der Waals surface area contributed by atoms with Crippen LogP contribution < -0.4 is 10.3 Å². The Morgan fingerprint density at radius 1 is 1.11 bits per heavy atom. The van der Waals surface area contributed by atoms with Crippen LogP contribution in [0.25, 0.3) is 10.2 Å². The SMILES string of the molecule is CCN(CC)Cc1nc2sc(C)c(C)c2c(=O)n1CCOc1ccc(C)cc1. The summed E-state index contributed by atoms with van der Waals surface area (Å²) in [5.74, 6) is 1.63. The number of nitrogens with zero attached hydrogens (tertiary/aromatic N) is 3. The number of fused-ring (bicyclic) bond motifs is 1. The zero-order valence-corrected chi connectivity index (χ0v) is 18.2. The summed E-state index contributed by atoms with van der Waals surface area (Å²) < 4.78 is 7.68. The maximum Gasteiger partial charge on any atom is 0.262 e. The molecule has 3 aromatic rings. The fourth-order valence-corrected chi connectivity index (χ4v) is 4.30.